The predicted octanol–water partition coefficient (Wildman–Crippen LogP) is 2.65. The number of nitrogens with one attached hydrogen (secondary N) is 1. The number of aromatic hydroxyl groups is 1. The Morgan fingerprint density at radius 3 is 2.54 bits per heavy atom. The topological polar surface area (TPSA) is 96.9 Å². The molecule has 2 unspecified atom stereocenters. The van der Waals surface area contributed by atoms with E-state index >= 15 is 0 Å². The Labute approximate surface area is 219 Å². The molecule has 8 nitrogen and oxygen atoms in total. The number of carbonyl (C=O) groups excluding carboxylic acids is 2. The van der Waals surface area contributed by atoms with Gasteiger partial charge in [-0.25, -0.2) is 14.2 Å². The molecular formula is C27H32FN4O4S+. The van der Waals surface area contributed by atoms with Crippen molar-refractivity contribution in [2.45, 2.75) is 58.7 Å². The maximum Gasteiger partial charge on any atom is 0.308 e. The summed E-state index contributed by atoms with van der Waals surface area (Å²) in [5, 5.41) is 11.4. The van der Waals surface area contributed by atoms with Crippen molar-refractivity contribution in [3.05, 3.63) is 68.8 Å². The molecule has 10 heteroatoms. The molecule has 0 fully saturated rings. The maximum atomic E-state index is 13.3. The van der Waals surface area contributed by atoms with E-state index in [1.54, 1.807) is 34.0 Å². The summed E-state index contributed by atoms with van der Waals surface area (Å²) in [5.74, 6) is -1.28. The highest BCUT2D eigenvalue weighted by molar-refractivity contribution is 7.15. The van der Waals surface area contributed by atoms with Crippen LogP contribution in [0.25, 0.3) is 10.6 Å². The van der Waals surface area contributed by atoms with Gasteiger partial charge in [-0.05, 0) is 38.5 Å². The summed E-state index contributed by atoms with van der Waals surface area (Å²) >= 11 is 1.32. The highest BCUT2D eigenvalue weighted by atomic mass is 32.1. The average Bonchev–Trinajstić information content (AvgIpc) is 3.31. The van der Waals surface area contributed by atoms with Crippen LogP contribution in [0.4, 0.5) is 4.39 Å². The molecule has 196 valence electrons. The number of benzene rings is 1. The number of thiazole rings is 1. The molecule has 37 heavy (non-hydrogen) atoms. The second-order valence-electron chi connectivity index (χ2n) is 9.99. The van der Waals surface area contributed by atoms with Gasteiger partial charge in [0.05, 0.1) is 31.6 Å². The smallest absolute Gasteiger partial charge is 0.308 e. The van der Waals surface area contributed by atoms with E-state index in [9.17, 15) is 23.9 Å². The Morgan fingerprint density at radius 1 is 1.24 bits per heavy atom. The van der Waals surface area contributed by atoms with Gasteiger partial charge in [-0.2, -0.15) is 0 Å². The molecule has 3 aromatic rings. The van der Waals surface area contributed by atoms with Crippen LogP contribution in [0.2, 0.25) is 0 Å². The molecule has 2 amide bonds. The lowest BCUT2D eigenvalue weighted by Crippen LogP contribution is -3.14. The van der Waals surface area contributed by atoms with Crippen LogP contribution >= 0.6 is 11.3 Å². The Bertz CT molecular complexity index is 1380. The van der Waals surface area contributed by atoms with E-state index in [0.29, 0.717) is 24.4 Å². The first-order valence-corrected chi connectivity index (χ1v) is 13.1. The van der Waals surface area contributed by atoms with Crippen molar-refractivity contribution in [1.29, 1.82) is 0 Å². The molecule has 1 aliphatic heterocycles. The zero-order valence-electron chi connectivity index (χ0n) is 21.6. The van der Waals surface area contributed by atoms with Gasteiger partial charge in [0.1, 0.15) is 10.8 Å². The predicted molar refractivity (Wildman–Crippen MR) is 140 cm³/mol. The molecule has 1 aliphatic rings. The molecule has 0 aliphatic carbocycles. The first-order valence-electron chi connectivity index (χ1n) is 12.3. The molecule has 2 aromatic heterocycles. The van der Waals surface area contributed by atoms with Crippen LogP contribution in [0.1, 0.15) is 61.1 Å². The van der Waals surface area contributed by atoms with Crippen molar-refractivity contribution in [2.24, 2.45) is 0 Å². The summed E-state index contributed by atoms with van der Waals surface area (Å²) < 4.78 is 14.9. The number of quaternary nitrogens is 1. The summed E-state index contributed by atoms with van der Waals surface area (Å²) in [6, 6.07) is 5.77. The van der Waals surface area contributed by atoms with Crippen LogP contribution in [0.15, 0.2) is 41.5 Å². The minimum atomic E-state index is -0.647. The van der Waals surface area contributed by atoms with Crippen LogP contribution in [0.3, 0.4) is 0 Å². The standard InChI is InChI=1S/C27H31FN4O4S/c1-15(2)31-13-20(10-16(3)30(5)17(4)33)32-14-22(24(34)25(35)23(32)27(31)36)26-29-12-21(37-26)11-18-6-8-19(28)9-7-18/h6-9,12,14-16,20,35H,10-11,13H2,1-5H3/p+1/t16?,20-/m0/s1. The fourth-order valence-electron chi connectivity index (χ4n) is 4.69. The molecule has 0 bridgehead atoms. The normalized spacial score (nSPS) is 17.1. The van der Waals surface area contributed by atoms with Gasteiger partial charge < -0.3 is 14.6 Å². The van der Waals surface area contributed by atoms with Gasteiger partial charge in [0.25, 0.3) is 5.91 Å². The Morgan fingerprint density at radius 2 is 1.92 bits per heavy atom. The largest absolute Gasteiger partial charge is 0.503 e. The van der Waals surface area contributed by atoms with Gasteiger partial charge in [-0.3, -0.25) is 14.5 Å². The van der Waals surface area contributed by atoms with Crippen LogP contribution in [0.5, 0.6) is 5.75 Å². The number of fused-ring (bicyclic) bond motifs is 1. The highest BCUT2D eigenvalue weighted by Gasteiger charge is 2.38. The zero-order chi connectivity index (χ0) is 27.0. The van der Waals surface area contributed by atoms with E-state index in [-0.39, 0.29) is 41.1 Å². The third-order valence-corrected chi connectivity index (χ3v) is 8.12. The van der Waals surface area contributed by atoms with E-state index in [2.05, 4.69) is 4.98 Å². The number of aromatic nitrogens is 2. The Balaban J connectivity index is 1.75. The molecule has 3 atom stereocenters. The third kappa shape index (κ3) is 5.35. The number of pyridine rings is 1. The lowest BCUT2D eigenvalue weighted by molar-refractivity contribution is -0.824. The van der Waals surface area contributed by atoms with E-state index in [1.807, 2.05) is 27.8 Å². The van der Waals surface area contributed by atoms with Crippen molar-refractivity contribution in [2.75, 3.05) is 13.6 Å². The molecule has 0 spiro atoms. The van der Waals surface area contributed by atoms with Gasteiger partial charge in [0.15, 0.2) is 11.4 Å². The van der Waals surface area contributed by atoms with Crippen molar-refractivity contribution in [3.63, 3.8) is 0 Å². The molecule has 0 saturated carbocycles. The Kier molecular flexibility index (Phi) is 7.61. The van der Waals surface area contributed by atoms with Gasteiger partial charge in [-0.1, -0.05) is 12.1 Å². The molecule has 0 radical (unpaired) electrons. The lowest BCUT2D eigenvalue weighted by Gasteiger charge is -2.39. The Hall–Kier alpha value is -3.37. The van der Waals surface area contributed by atoms with E-state index in [0.717, 1.165) is 15.3 Å². The van der Waals surface area contributed by atoms with Crippen molar-refractivity contribution < 1.29 is 24.0 Å². The van der Waals surface area contributed by atoms with Gasteiger partial charge >= 0.3 is 5.91 Å². The van der Waals surface area contributed by atoms with E-state index < -0.39 is 17.1 Å². The first-order chi connectivity index (χ1) is 17.5. The molecule has 3 heterocycles. The van der Waals surface area contributed by atoms with Gasteiger partial charge in [-0.15, -0.1) is 11.3 Å². The fourth-order valence-corrected chi connectivity index (χ4v) is 5.64. The van der Waals surface area contributed by atoms with E-state index in [1.165, 1.54) is 30.4 Å². The third-order valence-electron chi connectivity index (χ3n) is 7.09. The molecular weight excluding hydrogens is 495 g/mol. The SMILES string of the molecule is CC(=O)[NH+](C)C(C)C[C@H]1CN(C(C)C)C(=O)c2c(O)c(=O)c(-c3ncc(Cc4ccc(F)cc4)s3)cn21. The summed E-state index contributed by atoms with van der Waals surface area (Å²) in [5.41, 5.74) is 0.445. The number of hydrogen-bond donors (Lipinski definition) is 2. The van der Waals surface area contributed by atoms with Crippen LogP contribution in [0, 0.1) is 5.82 Å². The first kappa shape index (κ1) is 26.7. The molecule has 1 aromatic carbocycles. The second-order valence-corrected chi connectivity index (χ2v) is 11.1. The number of hydrogen-bond acceptors (Lipinski definition) is 6. The van der Waals surface area contributed by atoms with Crippen molar-refractivity contribution in [1.82, 2.24) is 14.5 Å². The second kappa shape index (κ2) is 10.5. The minimum absolute atomic E-state index is 0.0141. The minimum Gasteiger partial charge on any atom is -0.503 e. The monoisotopic (exact) mass is 527 g/mol. The quantitative estimate of drug-likeness (QED) is 0.493. The molecule has 4 rings (SSSR count). The number of halogens is 1. The van der Waals surface area contributed by atoms with Crippen molar-refractivity contribution in [3.8, 4) is 16.3 Å². The van der Waals surface area contributed by atoms with Crippen LogP contribution in [-0.2, 0) is 11.2 Å². The number of rotatable bonds is 7. The average molecular weight is 528 g/mol. The number of amides is 2. The zero-order valence-corrected chi connectivity index (χ0v) is 22.4. The molecule has 0 saturated heterocycles. The summed E-state index contributed by atoms with van der Waals surface area (Å²) in [6.07, 6.45) is 4.37. The van der Waals surface area contributed by atoms with E-state index in [4.69, 9.17) is 0 Å². The van der Waals surface area contributed by atoms with Crippen molar-refractivity contribution >= 4 is 23.2 Å². The summed E-state index contributed by atoms with van der Waals surface area (Å²) in [4.78, 5) is 46.2. The molecule has 2 N–H and O–H groups in total. The van der Waals surface area contributed by atoms with Crippen LogP contribution in [-0.4, -0.2) is 57.0 Å². The maximum absolute atomic E-state index is 13.3. The van der Waals surface area contributed by atoms with Gasteiger partial charge in [0.2, 0.25) is 5.43 Å². The summed E-state index contributed by atoms with van der Waals surface area (Å²) in [6.45, 7) is 7.69. The fraction of sp³-hybridized carbons (Fsp3) is 0.407. The number of carbonyl (C=O) groups is 2. The lowest BCUT2D eigenvalue weighted by atomic mass is 10.0. The van der Waals surface area contributed by atoms with Gasteiger partial charge in [0, 0.05) is 42.7 Å². The highest BCUT2D eigenvalue weighted by Crippen LogP contribution is 2.33. The summed E-state index contributed by atoms with van der Waals surface area (Å²) in [7, 11) is 1.81. The number of nitrogens with zero attached hydrogens (tertiary/aromatic N) is 3. The van der Waals surface area contributed by atoms with Crippen LogP contribution < -0.4 is 10.3 Å².